The highest BCUT2D eigenvalue weighted by molar-refractivity contribution is 5.40. The summed E-state index contributed by atoms with van der Waals surface area (Å²) < 4.78 is 11.4. The van der Waals surface area contributed by atoms with Crippen molar-refractivity contribution in [1.29, 1.82) is 0 Å². The highest BCUT2D eigenvalue weighted by Gasteiger charge is 2.20. The third-order valence-electron chi connectivity index (χ3n) is 3.94. The maximum Gasteiger partial charge on any atom is 0.123 e. The lowest BCUT2D eigenvalue weighted by Gasteiger charge is -2.27. The summed E-state index contributed by atoms with van der Waals surface area (Å²) >= 11 is 0. The Bertz CT molecular complexity index is 398. The van der Waals surface area contributed by atoms with Crippen LogP contribution in [0.2, 0.25) is 0 Å². The Morgan fingerprint density at radius 3 is 2.58 bits per heavy atom. The van der Waals surface area contributed by atoms with Gasteiger partial charge in [-0.2, -0.15) is 0 Å². The zero-order valence-corrected chi connectivity index (χ0v) is 12.0. The molecule has 3 nitrogen and oxygen atoms in total. The maximum atomic E-state index is 6.18. The van der Waals surface area contributed by atoms with Gasteiger partial charge in [0.1, 0.15) is 11.5 Å². The SMILES string of the molecule is COc1ccc(OC2CCC(C)CC2)c(CCN)c1. The molecular weight excluding hydrogens is 238 g/mol. The molecule has 0 unspecified atom stereocenters. The van der Waals surface area contributed by atoms with E-state index in [1.54, 1.807) is 7.11 Å². The van der Waals surface area contributed by atoms with Gasteiger partial charge in [-0.15, -0.1) is 0 Å². The van der Waals surface area contributed by atoms with E-state index in [9.17, 15) is 0 Å². The number of benzene rings is 1. The fraction of sp³-hybridized carbons (Fsp3) is 0.625. The van der Waals surface area contributed by atoms with E-state index in [2.05, 4.69) is 6.92 Å². The van der Waals surface area contributed by atoms with Crippen LogP contribution in [0, 0.1) is 5.92 Å². The molecule has 0 heterocycles. The van der Waals surface area contributed by atoms with Crippen LogP contribution in [-0.4, -0.2) is 19.8 Å². The Balaban J connectivity index is 2.06. The molecule has 0 aromatic heterocycles. The predicted molar refractivity (Wildman–Crippen MR) is 77.8 cm³/mol. The van der Waals surface area contributed by atoms with E-state index >= 15 is 0 Å². The van der Waals surface area contributed by atoms with Gasteiger partial charge in [0, 0.05) is 0 Å². The van der Waals surface area contributed by atoms with Crippen LogP contribution in [0.5, 0.6) is 11.5 Å². The number of ether oxygens (including phenoxy) is 2. The average molecular weight is 263 g/mol. The first-order valence-corrected chi connectivity index (χ1v) is 7.26. The van der Waals surface area contributed by atoms with Crippen molar-refractivity contribution in [3.63, 3.8) is 0 Å². The second-order valence-corrected chi connectivity index (χ2v) is 5.51. The molecule has 19 heavy (non-hydrogen) atoms. The lowest BCUT2D eigenvalue weighted by atomic mass is 9.89. The molecule has 1 aromatic carbocycles. The summed E-state index contributed by atoms with van der Waals surface area (Å²) in [7, 11) is 1.69. The van der Waals surface area contributed by atoms with Crippen LogP contribution >= 0.6 is 0 Å². The predicted octanol–water partition coefficient (Wildman–Crippen LogP) is 3.15. The molecule has 0 spiro atoms. The lowest BCUT2D eigenvalue weighted by molar-refractivity contribution is 0.134. The molecular formula is C16H25NO2. The van der Waals surface area contributed by atoms with Crippen LogP contribution in [0.1, 0.15) is 38.2 Å². The molecule has 2 N–H and O–H groups in total. The lowest BCUT2D eigenvalue weighted by Crippen LogP contribution is -2.23. The molecule has 106 valence electrons. The second kappa shape index (κ2) is 6.80. The van der Waals surface area contributed by atoms with Gasteiger partial charge in [-0.1, -0.05) is 6.92 Å². The summed E-state index contributed by atoms with van der Waals surface area (Å²) in [6.07, 6.45) is 6.06. The Hall–Kier alpha value is -1.22. The minimum Gasteiger partial charge on any atom is -0.497 e. The molecule has 1 aromatic rings. The summed E-state index contributed by atoms with van der Waals surface area (Å²) in [5.74, 6) is 2.69. The second-order valence-electron chi connectivity index (χ2n) is 5.51. The average Bonchev–Trinajstić information content (AvgIpc) is 2.43. The molecule has 1 aliphatic carbocycles. The van der Waals surface area contributed by atoms with Gasteiger partial charge in [0.15, 0.2) is 0 Å². The molecule has 0 radical (unpaired) electrons. The van der Waals surface area contributed by atoms with Gasteiger partial charge in [-0.3, -0.25) is 0 Å². The van der Waals surface area contributed by atoms with E-state index < -0.39 is 0 Å². The van der Waals surface area contributed by atoms with Crippen molar-refractivity contribution in [1.82, 2.24) is 0 Å². The molecule has 0 bridgehead atoms. The maximum absolute atomic E-state index is 6.18. The number of rotatable bonds is 5. The summed E-state index contributed by atoms with van der Waals surface area (Å²) in [6.45, 7) is 2.95. The van der Waals surface area contributed by atoms with Gasteiger partial charge in [0.25, 0.3) is 0 Å². The molecule has 0 atom stereocenters. The largest absolute Gasteiger partial charge is 0.497 e. The van der Waals surface area contributed by atoms with E-state index in [-0.39, 0.29) is 0 Å². The Morgan fingerprint density at radius 1 is 1.21 bits per heavy atom. The highest BCUT2D eigenvalue weighted by Crippen LogP contribution is 2.30. The van der Waals surface area contributed by atoms with Crippen LogP contribution < -0.4 is 15.2 Å². The molecule has 0 saturated heterocycles. The Labute approximate surface area is 116 Å². The third kappa shape index (κ3) is 3.87. The van der Waals surface area contributed by atoms with Crippen molar-refractivity contribution in [2.75, 3.05) is 13.7 Å². The van der Waals surface area contributed by atoms with Crippen molar-refractivity contribution in [2.24, 2.45) is 11.7 Å². The molecule has 1 saturated carbocycles. The van der Waals surface area contributed by atoms with Crippen LogP contribution in [-0.2, 0) is 6.42 Å². The van der Waals surface area contributed by atoms with Gasteiger partial charge in [0.05, 0.1) is 13.2 Å². The van der Waals surface area contributed by atoms with Gasteiger partial charge < -0.3 is 15.2 Å². The molecule has 2 rings (SSSR count). The first-order chi connectivity index (χ1) is 9.22. The first-order valence-electron chi connectivity index (χ1n) is 7.26. The van der Waals surface area contributed by atoms with Gasteiger partial charge >= 0.3 is 0 Å². The fourth-order valence-electron chi connectivity index (χ4n) is 2.68. The van der Waals surface area contributed by atoms with Crippen molar-refractivity contribution >= 4 is 0 Å². The monoisotopic (exact) mass is 263 g/mol. The number of methoxy groups -OCH3 is 1. The number of hydrogen-bond acceptors (Lipinski definition) is 3. The number of nitrogens with two attached hydrogens (primary N) is 1. The third-order valence-corrected chi connectivity index (χ3v) is 3.94. The summed E-state index contributed by atoms with van der Waals surface area (Å²) in [5, 5.41) is 0. The smallest absolute Gasteiger partial charge is 0.123 e. The van der Waals surface area contributed by atoms with E-state index in [0.717, 1.165) is 42.2 Å². The normalized spacial score (nSPS) is 23.1. The van der Waals surface area contributed by atoms with Crippen molar-refractivity contribution in [2.45, 2.75) is 45.1 Å². The molecule has 0 aliphatic heterocycles. The van der Waals surface area contributed by atoms with Crippen LogP contribution in [0.25, 0.3) is 0 Å². The summed E-state index contributed by atoms with van der Waals surface area (Å²) in [6, 6.07) is 6.01. The number of hydrogen-bond donors (Lipinski definition) is 1. The minimum atomic E-state index is 0.362. The van der Waals surface area contributed by atoms with Crippen molar-refractivity contribution in [3.05, 3.63) is 23.8 Å². The molecule has 0 amide bonds. The molecule has 1 aliphatic rings. The standard InChI is InChI=1S/C16H25NO2/c1-12-3-5-14(6-4-12)19-16-8-7-15(18-2)11-13(16)9-10-17/h7-8,11-12,14H,3-6,9-10,17H2,1-2H3. The van der Waals surface area contributed by atoms with Gasteiger partial charge in [-0.25, -0.2) is 0 Å². The summed E-state index contributed by atoms with van der Waals surface area (Å²) in [4.78, 5) is 0. The topological polar surface area (TPSA) is 44.5 Å². The first kappa shape index (κ1) is 14.2. The minimum absolute atomic E-state index is 0.362. The quantitative estimate of drug-likeness (QED) is 0.887. The van der Waals surface area contributed by atoms with E-state index in [1.165, 1.54) is 12.8 Å². The van der Waals surface area contributed by atoms with Crippen molar-refractivity contribution in [3.8, 4) is 11.5 Å². The van der Waals surface area contributed by atoms with Crippen LogP contribution in [0.4, 0.5) is 0 Å². The van der Waals surface area contributed by atoms with E-state index in [4.69, 9.17) is 15.2 Å². The van der Waals surface area contributed by atoms with Crippen molar-refractivity contribution < 1.29 is 9.47 Å². The Morgan fingerprint density at radius 2 is 1.95 bits per heavy atom. The highest BCUT2D eigenvalue weighted by atomic mass is 16.5. The fourth-order valence-corrected chi connectivity index (χ4v) is 2.68. The Kier molecular flexibility index (Phi) is 5.08. The molecule has 1 fully saturated rings. The zero-order valence-electron chi connectivity index (χ0n) is 12.0. The van der Waals surface area contributed by atoms with E-state index in [1.807, 2.05) is 18.2 Å². The van der Waals surface area contributed by atoms with Gasteiger partial charge in [0.2, 0.25) is 0 Å². The summed E-state index contributed by atoms with van der Waals surface area (Å²) in [5.41, 5.74) is 6.83. The zero-order chi connectivity index (χ0) is 13.7. The van der Waals surface area contributed by atoms with Crippen LogP contribution in [0.3, 0.4) is 0 Å². The van der Waals surface area contributed by atoms with Gasteiger partial charge in [-0.05, 0) is 68.3 Å². The van der Waals surface area contributed by atoms with Crippen LogP contribution in [0.15, 0.2) is 18.2 Å². The molecule has 3 heteroatoms. The van der Waals surface area contributed by atoms with E-state index in [0.29, 0.717) is 12.6 Å².